The monoisotopic (exact) mass is 239 g/mol. The maximum Gasteiger partial charge on any atom is 0.148 e. The fraction of sp³-hybridized carbons (Fsp3) is 0.636. The van der Waals surface area contributed by atoms with Gasteiger partial charge in [-0.25, -0.2) is 15.8 Å². The Hall–Kier alpha value is -1.40. The Morgan fingerprint density at radius 2 is 2.12 bits per heavy atom. The minimum atomic E-state index is 0.660. The van der Waals surface area contributed by atoms with E-state index >= 15 is 0 Å². The van der Waals surface area contributed by atoms with Crippen molar-refractivity contribution in [3.63, 3.8) is 0 Å². The van der Waals surface area contributed by atoms with E-state index < -0.39 is 0 Å². The lowest BCUT2D eigenvalue weighted by Gasteiger charge is -2.21. The molecule has 0 spiro atoms. The number of methoxy groups -OCH3 is 1. The van der Waals surface area contributed by atoms with Crippen LogP contribution in [-0.2, 0) is 11.2 Å². The van der Waals surface area contributed by atoms with Gasteiger partial charge in [0.15, 0.2) is 0 Å². The Morgan fingerprint density at radius 1 is 1.41 bits per heavy atom. The highest BCUT2D eigenvalue weighted by atomic mass is 16.5. The molecule has 0 atom stereocenters. The van der Waals surface area contributed by atoms with Crippen LogP contribution in [0.25, 0.3) is 0 Å². The molecule has 0 bridgehead atoms. The topological polar surface area (TPSA) is 76.3 Å². The van der Waals surface area contributed by atoms with E-state index in [4.69, 9.17) is 10.6 Å². The van der Waals surface area contributed by atoms with Crippen molar-refractivity contribution in [2.45, 2.75) is 20.3 Å². The highest BCUT2D eigenvalue weighted by Gasteiger charge is 2.12. The van der Waals surface area contributed by atoms with Gasteiger partial charge in [-0.15, -0.1) is 0 Å². The standard InChI is InChI=1S/C11H21N5O/c1-5-9-13-10(15-12)8(2)11(14-9)16(3)6-7-17-4/h5-7,12H2,1-4H3,(H,13,14,15). The number of likely N-dealkylation sites (N-methyl/N-ethyl adjacent to an activating group) is 1. The molecule has 17 heavy (non-hydrogen) atoms. The van der Waals surface area contributed by atoms with E-state index in [1.54, 1.807) is 7.11 Å². The maximum atomic E-state index is 5.46. The minimum absolute atomic E-state index is 0.660. The predicted molar refractivity (Wildman–Crippen MR) is 69.1 cm³/mol. The second kappa shape index (κ2) is 6.36. The molecule has 0 amide bonds. The molecule has 0 aromatic carbocycles. The molecule has 1 aromatic rings. The summed E-state index contributed by atoms with van der Waals surface area (Å²) in [5.41, 5.74) is 3.56. The lowest BCUT2D eigenvalue weighted by Crippen LogP contribution is -2.25. The third-order valence-electron chi connectivity index (χ3n) is 2.61. The quantitative estimate of drug-likeness (QED) is 0.562. The number of nitrogens with zero attached hydrogens (tertiary/aromatic N) is 3. The molecule has 0 radical (unpaired) electrons. The van der Waals surface area contributed by atoms with Crippen molar-refractivity contribution in [2.75, 3.05) is 37.6 Å². The van der Waals surface area contributed by atoms with E-state index in [0.29, 0.717) is 12.4 Å². The van der Waals surface area contributed by atoms with Gasteiger partial charge in [-0.05, 0) is 6.92 Å². The fourth-order valence-electron chi connectivity index (χ4n) is 1.55. The van der Waals surface area contributed by atoms with E-state index in [-0.39, 0.29) is 0 Å². The van der Waals surface area contributed by atoms with Crippen LogP contribution < -0.4 is 16.2 Å². The third-order valence-corrected chi connectivity index (χ3v) is 2.61. The smallest absolute Gasteiger partial charge is 0.148 e. The second-order valence-corrected chi connectivity index (χ2v) is 3.85. The fourth-order valence-corrected chi connectivity index (χ4v) is 1.55. The van der Waals surface area contributed by atoms with Crippen molar-refractivity contribution in [1.82, 2.24) is 9.97 Å². The molecule has 6 nitrogen and oxygen atoms in total. The number of hydrogen-bond acceptors (Lipinski definition) is 6. The van der Waals surface area contributed by atoms with Gasteiger partial charge in [-0.1, -0.05) is 6.92 Å². The zero-order chi connectivity index (χ0) is 12.8. The van der Waals surface area contributed by atoms with Gasteiger partial charge < -0.3 is 15.1 Å². The largest absolute Gasteiger partial charge is 0.383 e. The van der Waals surface area contributed by atoms with Crippen LogP contribution in [0, 0.1) is 6.92 Å². The molecule has 0 saturated carbocycles. The number of hydrogen-bond donors (Lipinski definition) is 2. The van der Waals surface area contributed by atoms with E-state index in [1.165, 1.54) is 0 Å². The van der Waals surface area contributed by atoms with E-state index in [9.17, 15) is 0 Å². The van der Waals surface area contributed by atoms with Crippen LogP contribution in [0.4, 0.5) is 11.6 Å². The van der Waals surface area contributed by atoms with Gasteiger partial charge in [0.2, 0.25) is 0 Å². The zero-order valence-electron chi connectivity index (χ0n) is 10.9. The second-order valence-electron chi connectivity index (χ2n) is 3.85. The van der Waals surface area contributed by atoms with Crippen molar-refractivity contribution in [3.05, 3.63) is 11.4 Å². The molecule has 6 heteroatoms. The number of hydrazine groups is 1. The van der Waals surface area contributed by atoms with Crippen LogP contribution >= 0.6 is 0 Å². The van der Waals surface area contributed by atoms with Gasteiger partial charge in [-0.3, -0.25) is 0 Å². The summed E-state index contributed by atoms with van der Waals surface area (Å²) in [6.45, 7) is 5.41. The first-order chi connectivity index (χ1) is 8.13. The van der Waals surface area contributed by atoms with Crippen molar-refractivity contribution < 1.29 is 4.74 Å². The molecular weight excluding hydrogens is 218 g/mol. The summed E-state index contributed by atoms with van der Waals surface area (Å²) in [5.74, 6) is 7.81. The van der Waals surface area contributed by atoms with Crippen LogP contribution in [-0.4, -0.2) is 37.3 Å². The van der Waals surface area contributed by atoms with Crippen LogP contribution in [0.1, 0.15) is 18.3 Å². The molecule has 1 heterocycles. The highest BCUT2D eigenvalue weighted by Crippen LogP contribution is 2.22. The number of nitrogens with two attached hydrogens (primary N) is 1. The van der Waals surface area contributed by atoms with Gasteiger partial charge in [0.25, 0.3) is 0 Å². The summed E-state index contributed by atoms with van der Waals surface area (Å²) in [5, 5.41) is 0. The number of ether oxygens (including phenoxy) is 1. The average molecular weight is 239 g/mol. The zero-order valence-corrected chi connectivity index (χ0v) is 10.9. The van der Waals surface area contributed by atoms with E-state index in [0.717, 1.165) is 30.2 Å². The molecule has 0 unspecified atom stereocenters. The number of rotatable bonds is 6. The Kier molecular flexibility index (Phi) is 5.11. The van der Waals surface area contributed by atoms with Crippen molar-refractivity contribution in [1.29, 1.82) is 0 Å². The van der Waals surface area contributed by atoms with Crippen molar-refractivity contribution >= 4 is 11.6 Å². The third kappa shape index (κ3) is 3.28. The number of aromatic nitrogens is 2. The van der Waals surface area contributed by atoms with Crippen LogP contribution in [0.3, 0.4) is 0 Å². The van der Waals surface area contributed by atoms with Gasteiger partial charge in [0.05, 0.1) is 6.61 Å². The first-order valence-electron chi connectivity index (χ1n) is 5.68. The predicted octanol–water partition coefficient (Wildman–Crippen LogP) is 0.716. The van der Waals surface area contributed by atoms with Gasteiger partial charge in [0, 0.05) is 32.7 Å². The summed E-state index contributed by atoms with van der Waals surface area (Å²) < 4.78 is 5.06. The lowest BCUT2D eigenvalue weighted by molar-refractivity contribution is 0.206. The first kappa shape index (κ1) is 13.7. The first-order valence-corrected chi connectivity index (χ1v) is 5.68. The Labute approximate surface area is 102 Å². The molecule has 1 aromatic heterocycles. The summed E-state index contributed by atoms with van der Waals surface area (Å²) in [4.78, 5) is 10.9. The Morgan fingerprint density at radius 3 is 2.65 bits per heavy atom. The molecule has 0 aliphatic carbocycles. The van der Waals surface area contributed by atoms with Gasteiger partial charge >= 0.3 is 0 Å². The number of nitrogen functional groups attached to an aromatic ring is 1. The molecule has 96 valence electrons. The lowest BCUT2D eigenvalue weighted by atomic mass is 10.2. The number of aryl methyl sites for hydroxylation is 1. The summed E-state index contributed by atoms with van der Waals surface area (Å²) in [7, 11) is 3.67. The van der Waals surface area contributed by atoms with Crippen molar-refractivity contribution in [3.8, 4) is 0 Å². The van der Waals surface area contributed by atoms with Crippen LogP contribution in [0.5, 0.6) is 0 Å². The van der Waals surface area contributed by atoms with Gasteiger partial charge in [0.1, 0.15) is 17.5 Å². The van der Waals surface area contributed by atoms with E-state index in [2.05, 4.69) is 15.4 Å². The molecule has 0 saturated heterocycles. The molecule has 1 rings (SSSR count). The average Bonchev–Trinajstić information content (AvgIpc) is 2.36. The highest BCUT2D eigenvalue weighted by molar-refractivity contribution is 5.57. The van der Waals surface area contributed by atoms with Crippen LogP contribution in [0.15, 0.2) is 0 Å². The molecule has 3 N–H and O–H groups in total. The van der Waals surface area contributed by atoms with Gasteiger partial charge in [-0.2, -0.15) is 0 Å². The minimum Gasteiger partial charge on any atom is -0.383 e. The van der Waals surface area contributed by atoms with Crippen molar-refractivity contribution in [2.24, 2.45) is 5.84 Å². The summed E-state index contributed by atoms with van der Waals surface area (Å²) in [6.07, 6.45) is 0.778. The van der Waals surface area contributed by atoms with E-state index in [1.807, 2.05) is 25.8 Å². The Bertz CT molecular complexity index is 369. The van der Waals surface area contributed by atoms with Crippen LogP contribution in [0.2, 0.25) is 0 Å². The number of anilines is 2. The summed E-state index contributed by atoms with van der Waals surface area (Å²) in [6, 6.07) is 0. The number of nitrogens with one attached hydrogen (secondary N) is 1. The molecular formula is C11H21N5O. The normalized spacial score (nSPS) is 10.4. The summed E-state index contributed by atoms with van der Waals surface area (Å²) >= 11 is 0. The Balaban J connectivity index is 3.03. The maximum absolute atomic E-state index is 5.46. The molecule has 0 aliphatic heterocycles. The SMILES string of the molecule is CCc1nc(NN)c(C)c(N(C)CCOC)n1. The molecule has 0 aliphatic rings. The molecule has 0 fully saturated rings.